The summed E-state index contributed by atoms with van der Waals surface area (Å²) in [7, 11) is 1.58. The predicted molar refractivity (Wildman–Crippen MR) is 105 cm³/mol. The van der Waals surface area contributed by atoms with Crippen LogP contribution in [-0.4, -0.2) is 30.2 Å². The lowest BCUT2D eigenvalue weighted by Gasteiger charge is -2.15. The van der Waals surface area contributed by atoms with Gasteiger partial charge in [0.2, 0.25) is 0 Å². The second kappa shape index (κ2) is 8.43. The van der Waals surface area contributed by atoms with Crippen LogP contribution in [0.1, 0.15) is 22.8 Å². The summed E-state index contributed by atoms with van der Waals surface area (Å²) in [6.07, 6.45) is -1.00. The van der Waals surface area contributed by atoms with Crippen molar-refractivity contribution in [2.24, 2.45) is 0 Å². The molecular formula is C22H21NO5. The Labute approximate surface area is 162 Å². The fourth-order valence-electron chi connectivity index (χ4n) is 2.77. The van der Waals surface area contributed by atoms with Gasteiger partial charge in [0.25, 0.3) is 5.91 Å². The third-order valence-electron chi connectivity index (χ3n) is 4.40. The van der Waals surface area contributed by atoms with E-state index in [9.17, 15) is 14.7 Å². The number of amides is 1. The lowest BCUT2D eigenvalue weighted by atomic mass is 10.1. The maximum absolute atomic E-state index is 12.4. The van der Waals surface area contributed by atoms with Crippen LogP contribution >= 0.6 is 0 Å². The molecule has 0 aliphatic carbocycles. The van der Waals surface area contributed by atoms with Crippen LogP contribution < -0.4 is 10.1 Å². The summed E-state index contributed by atoms with van der Waals surface area (Å²) in [5, 5.41) is 14.4. The molecule has 144 valence electrons. The number of rotatable bonds is 6. The molecule has 28 heavy (non-hydrogen) atoms. The van der Waals surface area contributed by atoms with Crippen LogP contribution in [-0.2, 0) is 16.1 Å². The van der Waals surface area contributed by atoms with Gasteiger partial charge in [-0.1, -0.05) is 42.5 Å². The number of phenolic OH excluding ortho intramolecular Hbond substituents is 1. The minimum Gasteiger partial charge on any atom is -0.506 e. The minimum absolute atomic E-state index is 0.0218. The van der Waals surface area contributed by atoms with Crippen molar-refractivity contribution in [3.8, 4) is 11.5 Å². The van der Waals surface area contributed by atoms with E-state index in [1.807, 2.05) is 24.3 Å². The van der Waals surface area contributed by atoms with Crippen LogP contribution in [0.25, 0.3) is 10.8 Å². The van der Waals surface area contributed by atoms with Gasteiger partial charge in [-0.25, -0.2) is 4.79 Å². The smallest absolute Gasteiger partial charge is 0.342 e. The summed E-state index contributed by atoms with van der Waals surface area (Å²) >= 11 is 0. The first-order valence-corrected chi connectivity index (χ1v) is 8.82. The Morgan fingerprint density at radius 3 is 2.46 bits per heavy atom. The Hall–Kier alpha value is -3.54. The van der Waals surface area contributed by atoms with Crippen molar-refractivity contribution in [1.29, 1.82) is 0 Å². The Kier molecular flexibility index (Phi) is 5.79. The molecule has 2 N–H and O–H groups in total. The monoisotopic (exact) mass is 379 g/mol. The largest absolute Gasteiger partial charge is 0.506 e. The predicted octanol–water partition coefficient (Wildman–Crippen LogP) is 3.42. The maximum atomic E-state index is 12.4. The number of fused-ring (bicyclic) bond motifs is 1. The molecule has 0 aliphatic heterocycles. The van der Waals surface area contributed by atoms with Gasteiger partial charge < -0.3 is 19.9 Å². The average molecular weight is 379 g/mol. The van der Waals surface area contributed by atoms with Gasteiger partial charge in [-0.3, -0.25) is 4.79 Å². The zero-order valence-electron chi connectivity index (χ0n) is 15.6. The van der Waals surface area contributed by atoms with Gasteiger partial charge in [-0.2, -0.15) is 0 Å². The Bertz CT molecular complexity index is 997. The first-order valence-electron chi connectivity index (χ1n) is 8.82. The van der Waals surface area contributed by atoms with Crippen LogP contribution in [0.2, 0.25) is 0 Å². The molecule has 6 nitrogen and oxygen atoms in total. The molecule has 3 rings (SSSR count). The van der Waals surface area contributed by atoms with E-state index in [1.165, 1.54) is 13.0 Å². The molecule has 0 fully saturated rings. The van der Waals surface area contributed by atoms with Crippen molar-refractivity contribution in [1.82, 2.24) is 5.32 Å². The molecule has 0 unspecified atom stereocenters. The number of carbonyl (C=O) groups excluding carboxylic acids is 2. The van der Waals surface area contributed by atoms with Gasteiger partial charge in [-0.05, 0) is 36.1 Å². The molecule has 0 spiro atoms. The van der Waals surface area contributed by atoms with E-state index in [4.69, 9.17) is 9.47 Å². The number of hydrogen-bond donors (Lipinski definition) is 2. The normalized spacial score (nSPS) is 11.6. The molecule has 0 saturated carbocycles. The zero-order chi connectivity index (χ0) is 20.1. The van der Waals surface area contributed by atoms with Crippen molar-refractivity contribution < 1.29 is 24.2 Å². The Balaban J connectivity index is 1.61. The van der Waals surface area contributed by atoms with E-state index < -0.39 is 18.0 Å². The number of nitrogens with one attached hydrogen (secondary N) is 1. The van der Waals surface area contributed by atoms with Crippen molar-refractivity contribution >= 4 is 22.6 Å². The van der Waals surface area contributed by atoms with Crippen LogP contribution in [0, 0.1) is 0 Å². The van der Waals surface area contributed by atoms with Gasteiger partial charge in [-0.15, -0.1) is 0 Å². The molecule has 0 bridgehead atoms. The zero-order valence-corrected chi connectivity index (χ0v) is 15.6. The van der Waals surface area contributed by atoms with Crippen molar-refractivity contribution in [2.45, 2.75) is 19.6 Å². The minimum atomic E-state index is -1.00. The Morgan fingerprint density at radius 2 is 1.75 bits per heavy atom. The average Bonchev–Trinajstić information content (AvgIpc) is 2.72. The van der Waals surface area contributed by atoms with Gasteiger partial charge in [0.1, 0.15) is 17.1 Å². The first kappa shape index (κ1) is 19.2. The van der Waals surface area contributed by atoms with Gasteiger partial charge >= 0.3 is 5.97 Å². The molecule has 1 atom stereocenters. The molecule has 6 heteroatoms. The summed E-state index contributed by atoms with van der Waals surface area (Å²) in [6, 6.07) is 17.6. The van der Waals surface area contributed by atoms with Crippen molar-refractivity contribution in [3.05, 3.63) is 71.8 Å². The molecule has 0 radical (unpaired) electrons. The van der Waals surface area contributed by atoms with E-state index in [0.29, 0.717) is 11.9 Å². The highest BCUT2D eigenvalue weighted by Gasteiger charge is 2.21. The van der Waals surface area contributed by atoms with Gasteiger partial charge in [0.05, 0.1) is 7.11 Å². The van der Waals surface area contributed by atoms with Crippen LogP contribution in [0.15, 0.2) is 60.7 Å². The summed E-state index contributed by atoms with van der Waals surface area (Å²) in [4.78, 5) is 24.6. The third kappa shape index (κ3) is 4.23. The molecule has 0 aromatic heterocycles. The van der Waals surface area contributed by atoms with E-state index in [2.05, 4.69) is 5.32 Å². The van der Waals surface area contributed by atoms with Crippen molar-refractivity contribution in [2.75, 3.05) is 7.11 Å². The van der Waals surface area contributed by atoms with Gasteiger partial charge in [0, 0.05) is 11.9 Å². The summed E-state index contributed by atoms with van der Waals surface area (Å²) < 4.78 is 10.3. The number of methoxy groups -OCH3 is 1. The second-order valence-corrected chi connectivity index (χ2v) is 6.30. The standard InChI is InChI=1S/C22H21NO5/c1-14(21(25)23-13-15-7-10-17(27-2)11-8-15)28-22(26)19-12-9-16-5-3-4-6-18(16)20(19)24/h3-12,14,24H,13H2,1-2H3,(H,23,25)/t14-/m0/s1. The Morgan fingerprint density at radius 1 is 1.04 bits per heavy atom. The number of benzene rings is 3. The van der Waals surface area contributed by atoms with E-state index in [0.717, 1.165) is 16.7 Å². The summed E-state index contributed by atoms with van der Waals surface area (Å²) in [6.45, 7) is 1.78. The van der Waals surface area contributed by atoms with Gasteiger partial charge in [0.15, 0.2) is 6.10 Å². The quantitative estimate of drug-likeness (QED) is 0.641. The molecule has 3 aromatic carbocycles. The number of ether oxygens (including phenoxy) is 2. The number of carbonyl (C=O) groups is 2. The van der Waals surface area contributed by atoms with Crippen molar-refractivity contribution in [3.63, 3.8) is 0 Å². The fourth-order valence-corrected chi connectivity index (χ4v) is 2.77. The lowest BCUT2D eigenvalue weighted by molar-refractivity contribution is -0.129. The highest BCUT2D eigenvalue weighted by Crippen LogP contribution is 2.29. The van der Waals surface area contributed by atoms with E-state index >= 15 is 0 Å². The third-order valence-corrected chi connectivity index (χ3v) is 4.40. The number of hydrogen-bond acceptors (Lipinski definition) is 5. The fraction of sp³-hybridized carbons (Fsp3) is 0.182. The summed E-state index contributed by atoms with van der Waals surface area (Å²) in [5.41, 5.74) is 0.911. The lowest BCUT2D eigenvalue weighted by Crippen LogP contribution is -2.35. The maximum Gasteiger partial charge on any atom is 0.342 e. The van der Waals surface area contributed by atoms with Crippen LogP contribution in [0.5, 0.6) is 11.5 Å². The summed E-state index contributed by atoms with van der Waals surface area (Å²) in [5.74, 6) is -0.610. The topological polar surface area (TPSA) is 84.9 Å². The highest BCUT2D eigenvalue weighted by molar-refractivity contribution is 6.01. The van der Waals surface area contributed by atoms with Crippen LogP contribution in [0.4, 0.5) is 0 Å². The molecule has 3 aromatic rings. The molecule has 0 aliphatic rings. The second-order valence-electron chi connectivity index (χ2n) is 6.30. The van der Waals surface area contributed by atoms with E-state index in [1.54, 1.807) is 37.4 Å². The van der Waals surface area contributed by atoms with Crippen LogP contribution in [0.3, 0.4) is 0 Å². The number of esters is 1. The highest BCUT2D eigenvalue weighted by atomic mass is 16.5. The number of aromatic hydroxyl groups is 1. The first-order chi connectivity index (χ1) is 13.5. The molecule has 1 amide bonds. The SMILES string of the molecule is COc1ccc(CNC(=O)[C@H](C)OC(=O)c2ccc3ccccc3c2O)cc1. The van der Waals surface area contributed by atoms with E-state index in [-0.39, 0.29) is 11.3 Å². The molecular weight excluding hydrogens is 358 g/mol. The number of phenols is 1. The molecule has 0 saturated heterocycles. The molecule has 0 heterocycles.